The Balaban J connectivity index is 1.87. The number of rotatable bonds is 5. The van der Waals surface area contributed by atoms with E-state index in [1.807, 2.05) is 37.3 Å². The molecule has 2 aromatic carbocycles. The van der Waals surface area contributed by atoms with Gasteiger partial charge in [0, 0.05) is 18.7 Å². The Kier molecular flexibility index (Phi) is 4.88. The van der Waals surface area contributed by atoms with E-state index in [9.17, 15) is 13.2 Å². The third kappa shape index (κ3) is 3.72. The van der Waals surface area contributed by atoms with Gasteiger partial charge in [-0.05, 0) is 43.5 Å². The minimum Gasteiger partial charge on any atom is -0.295 e. The lowest BCUT2D eigenvalue weighted by molar-refractivity contribution is -0.113. The normalized spacial score (nSPS) is 15.6. The predicted octanol–water partition coefficient (Wildman–Crippen LogP) is 3.13. The molecule has 0 unspecified atom stereocenters. The molecule has 2 aromatic rings. The highest BCUT2D eigenvalue weighted by molar-refractivity contribution is 7.89. The van der Waals surface area contributed by atoms with Crippen molar-refractivity contribution in [1.82, 2.24) is 4.31 Å². The van der Waals surface area contributed by atoms with Crippen LogP contribution < -0.4 is 0 Å². The summed E-state index contributed by atoms with van der Waals surface area (Å²) < 4.78 is 27.2. The first-order chi connectivity index (χ1) is 11.9. The van der Waals surface area contributed by atoms with Crippen molar-refractivity contribution in [2.45, 2.75) is 25.2 Å². The van der Waals surface area contributed by atoms with E-state index in [4.69, 9.17) is 0 Å². The van der Waals surface area contributed by atoms with Crippen molar-refractivity contribution in [1.29, 1.82) is 0 Å². The number of benzene rings is 2. The van der Waals surface area contributed by atoms with Crippen LogP contribution in [0.4, 0.5) is 0 Å². The summed E-state index contributed by atoms with van der Waals surface area (Å²) in [4.78, 5) is 12.3. The summed E-state index contributed by atoms with van der Waals surface area (Å²) >= 11 is 0. The Labute approximate surface area is 148 Å². The summed E-state index contributed by atoms with van der Waals surface area (Å²) in [5, 5.41) is 0. The number of ketones is 1. The highest BCUT2D eigenvalue weighted by Crippen LogP contribution is 2.27. The molecule has 0 saturated heterocycles. The van der Waals surface area contributed by atoms with Crippen LogP contribution in [0.2, 0.25) is 0 Å². The van der Waals surface area contributed by atoms with Crippen molar-refractivity contribution < 1.29 is 13.2 Å². The molecular formula is C20H21NO3S. The lowest BCUT2D eigenvalue weighted by Gasteiger charge is -2.17. The number of hydrogen-bond acceptors (Lipinski definition) is 3. The molecule has 0 spiro atoms. The van der Waals surface area contributed by atoms with E-state index < -0.39 is 10.0 Å². The molecule has 0 atom stereocenters. The molecule has 3 rings (SSSR count). The van der Waals surface area contributed by atoms with Crippen LogP contribution in [-0.4, -0.2) is 31.6 Å². The average molecular weight is 355 g/mol. The van der Waals surface area contributed by atoms with Gasteiger partial charge in [0.2, 0.25) is 10.0 Å². The first kappa shape index (κ1) is 17.6. The molecule has 1 aliphatic rings. The van der Waals surface area contributed by atoms with Crippen molar-refractivity contribution in [3.63, 3.8) is 0 Å². The van der Waals surface area contributed by atoms with Crippen LogP contribution in [0.1, 0.15) is 18.1 Å². The average Bonchev–Trinajstić information content (AvgIpc) is 3.01. The molecule has 0 aliphatic carbocycles. The molecule has 0 N–H and O–H groups in total. The van der Waals surface area contributed by atoms with Crippen molar-refractivity contribution in [3.8, 4) is 0 Å². The first-order valence-electron chi connectivity index (χ1n) is 8.20. The topological polar surface area (TPSA) is 54.5 Å². The van der Waals surface area contributed by atoms with Gasteiger partial charge in [-0.15, -0.1) is 0 Å². The second kappa shape index (κ2) is 6.94. The van der Waals surface area contributed by atoms with Crippen molar-refractivity contribution in [2.24, 2.45) is 0 Å². The number of hydrogen-bond donors (Lipinski definition) is 0. The molecule has 0 aromatic heterocycles. The SMILES string of the molecule is CC(=O)C1=C(Cc2ccccc2)CN(S(=O)(=O)c2ccc(C)cc2)C1. The van der Waals surface area contributed by atoms with Gasteiger partial charge >= 0.3 is 0 Å². The smallest absolute Gasteiger partial charge is 0.243 e. The highest BCUT2D eigenvalue weighted by Gasteiger charge is 2.33. The minimum absolute atomic E-state index is 0.0625. The van der Waals surface area contributed by atoms with Crippen molar-refractivity contribution >= 4 is 15.8 Å². The van der Waals surface area contributed by atoms with Gasteiger partial charge in [-0.2, -0.15) is 4.31 Å². The van der Waals surface area contributed by atoms with Gasteiger partial charge in [0.25, 0.3) is 0 Å². The van der Waals surface area contributed by atoms with Crippen LogP contribution in [-0.2, 0) is 21.2 Å². The molecule has 4 nitrogen and oxygen atoms in total. The number of aryl methyl sites for hydroxylation is 1. The number of carbonyl (C=O) groups is 1. The van der Waals surface area contributed by atoms with E-state index in [0.29, 0.717) is 12.0 Å². The van der Waals surface area contributed by atoms with Crippen LogP contribution in [0, 0.1) is 6.92 Å². The summed E-state index contributed by atoms with van der Waals surface area (Å²) in [5.74, 6) is -0.0625. The molecule has 1 aliphatic heterocycles. The van der Waals surface area contributed by atoms with Gasteiger partial charge in [-0.1, -0.05) is 48.0 Å². The molecule has 0 bridgehead atoms. The molecule has 5 heteroatoms. The van der Waals surface area contributed by atoms with Crippen LogP contribution >= 0.6 is 0 Å². The van der Waals surface area contributed by atoms with E-state index >= 15 is 0 Å². The zero-order valence-corrected chi connectivity index (χ0v) is 15.2. The zero-order valence-electron chi connectivity index (χ0n) is 14.4. The fraction of sp³-hybridized carbons (Fsp3) is 0.250. The maximum absolute atomic E-state index is 12.9. The highest BCUT2D eigenvalue weighted by atomic mass is 32.2. The monoisotopic (exact) mass is 355 g/mol. The van der Waals surface area contributed by atoms with E-state index in [2.05, 4.69) is 0 Å². The number of sulfonamides is 1. The number of carbonyl (C=O) groups excluding carboxylic acids is 1. The van der Waals surface area contributed by atoms with Gasteiger partial charge in [-0.3, -0.25) is 4.79 Å². The van der Waals surface area contributed by atoms with E-state index in [1.165, 1.54) is 11.2 Å². The summed E-state index contributed by atoms with van der Waals surface area (Å²) in [7, 11) is -3.61. The number of nitrogens with zero attached hydrogens (tertiary/aromatic N) is 1. The van der Waals surface area contributed by atoms with Gasteiger partial charge in [0.1, 0.15) is 0 Å². The Morgan fingerprint density at radius 1 is 1.00 bits per heavy atom. The Morgan fingerprint density at radius 2 is 1.64 bits per heavy atom. The van der Waals surface area contributed by atoms with Crippen LogP contribution in [0.5, 0.6) is 0 Å². The molecule has 130 valence electrons. The Bertz CT molecular complexity index is 913. The largest absolute Gasteiger partial charge is 0.295 e. The fourth-order valence-electron chi connectivity index (χ4n) is 3.05. The third-order valence-electron chi connectivity index (χ3n) is 4.47. The lowest BCUT2D eigenvalue weighted by Crippen LogP contribution is -2.30. The fourth-order valence-corrected chi connectivity index (χ4v) is 4.45. The van der Waals surface area contributed by atoms with Gasteiger partial charge in [-0.25, -0.2) is 8.42 Å². The molecule has 0 radical (unpaired) electrons. The summed E-state index contributed by atoms with van der Waals surface area (Å²) in [6.45, 7) is 3.83. The van der Waals surface area contributed by atoms with Crippen LogP contribution in [0.25, 0.3) is 0 Å². The van der Waals surface area contributed by atoms with Crippen molar-refractivity contribution in [2.75, 3.05) is 13.1 Å². The standard InChI is InChI=1S/C20H21NO3S/c1-15-8-10-19(11-9-15)25(23,24)21-13-18(20(14-21)16(2)22)12-17-6-4-3-5-7-17/h3-11H,12-14H2,1-2H3. The van der Waals surface area contributed by atoms with Gasteiger partial charge in [0.05, 0.1) is 4.90 Å². The lowest BCUT2D eigenvalue weighted by atomic mass is 10.0. The second-order valence-corrected chi connectivity index (χ2v) is 8.32. The molecule has 1 heterocycles. The van der Waals surface area contributed by atoms with E-state index in [0.717, 1.165) is 16.7 Å². The quantitative estimate of drug-likeness (QED) is 0.828. The van der Waals surface area contributed by atoms with Crippen LogP contribution in [0.3, 0.4) is 0 Å². The van der Waals surface area contributed by atoms with Gasteiger partial charge in [0.15, 0.2) is 5.78 Å². The maximum Gasteiger partial charge on any atom is 0.243 e. The van der Waals surface area contributed by atoms with E-state index in [1.54, 1.807) is 24.3 Å². The Morgan fingerprint density at radius 3 is 2.24 bits per heavy atom. The predicted molar refractivity (Wildman–Crippen MR) is 97.8 cm³/mol. The summed E-state index contributed by atoms with van der Waals surface area (Å²) in [5.41, 5.74) is 3.58. The molecule has 0 amide bonds. The summed E-state index contributed by atoms with van der Waals surface area (Å²) in [6.07, 6.45) is 0.593. The molecule has 0 saturated carbocycles. The van der Waals surface area contributed by atoms with Crippen LogP contribution in [0.15, 0.2) is 70.6 Å². The number of Topliss-reactive ketones (excluding diaryl/α,β-unsaturated/α-hetero) is 1. The van der Waals surface area contributed by atoms with E-state index in [-0.39, 0.29) is 23.8 Å². The minimum atomic E-state index is -3.61. The zero-order chi connectivity index (χ0) is 18.0. The second-order valence-electron chi connectivity index (χ2n) is 6.39. The first-order valence-corrected chi connectivity index (χ1v) is 9.64. The molecule has 25 heavy (non-hydrogen) atoms. The summed E-state index contributed by atoms with van der Waals surface area (Å²) in [6, 6.07) is 16.6. The third-order valence-corrected chi connectivity index (χ3v) is 6.28. The van der Waals surface area contributed by atoms with Gasteiger partial charge < -0.3 is 0 Å². The molecular weight excluding hydrogens is 334 g/mol. The maximum atomic E-state index is 12.9. The molecule has 0 fully saturated rings. The Hall–Kier alpha value is -2.24. The van der Waals surface area contributed by atoms with Crippen molar-refractivity contribution in [3.05, 3.63) is 76.9 Å².